The predicted octanol–water partition coefficient (Wildman–Crippen LogP) is 4.06. The molecule has 1 heterocycles. The quantitative estimate of drug-likeness (QED) is 0.415. The summed E-state index contributed by atoms with van der Waals surface area (Å²) in [5.74, 6) is -0.535. The summed E-state index contributed by atoms with van der Waals surface area (Å²) in [6.45, 7) is 1.27. The molecule has 1 N–H and O–H groups in total. The highest BCUT2D eigenvalue weighted by Gasteiger charge is 2.29. The molecule has 0 fully saturated rings. The average Bonchev–Trinajstić information content (AvgIpc) is 3.16. The van der Waals surface area contributed by atoms with Crippen LogP contribution < -0.4 is 9.62 Å². The van der Waals surface area contributed by atoms with Crippen LogP contribution in [-0.4, -0.2) is 37.3 Å². The summed E-state index contributed by atoms with van der Waals surface area (Å²) in [4.78, 5) is 12.7. The smallest absolute Gasteiger partial charge is 0.264 e. The maximum atomic E-state index is 13.3. The number of aromatic nitrogens is 2. The molecule has 0 aliphatic carbocycles. The number of nitrogens with one attached hydrogen (secondary N) is 1. The number of thioether (sulfide) groups is 1. The lowest BCUT2D eigenvalue weighted by Gasteiger charge is -2.25. The fourth-order valence-electron chi connectivity index (χ4n) is 2.52. The molecular formula is C18H17ClN4O3S3. The zero-order chi connectivity index (χ0) is 21.0. The third-order valence-electron chi connectivity index (χ3n) is 3.95. The van der Waals surface area contributed by atoms with E-state index in [-0.39, 0.29) is 4.90 Å². The molecule has 152 valence electrons. The Kier molecular flexibility index (Phi) is 6.78. The fourth-order valence-corrected chi connectivity index (χ4v) is 5.37. The van der Waals surface area contributed by atoms with Crippen molar-refractivity contribution >= 4 is 61.4 Å². The second-order valence-electron chi connectivity index (χ2n) is 5.83. The number of carbonyl (C=O) groups is 1. The Morgan fingerprint density at radius 3 is 2.55 bits per heavy atom. The van der Waals surface area contributed by atoms with Crippen LogP contribution in [0.1, 0.15) is 5.56 Å². The number of benzene rings is 2. The predicted molar refractivity (Wildman–Crippen MR) is 117 cm³/mol. The molecule has 3 rings (SSSR count). The van der Waals surface area contributed by atoms with E-state index in [4.69, 9.17) is 11.6 Å². The zero-order valence-corrected chi connectivity index (χ0v) is 18.7. The topological polar surface area (TPSA) is 92.3 Å². The van der Waals surface area contributed by atoms with Gasteiger partial charge in [0.15, 0.2) is 4.34 Å². The zero-order valence-electron chi connectivity index (χ0n) is 15.5. The van der Waals surface area contributed by atoms with E-state index in [1.807, 2.05) is 6.26 Å². The number of halogens is 1. The first-order valence-electron chi connectivity index (χ1n) is 8.33. The molecular weight excluding hydrogens is 452 g/mol. The monoisotopic (exact) mass is 468 g/mol. The first kappa shape index (κ1) is 21.6. The molecule has 1 amide bonds. The van der Waals surface area contributed by atoms with Gasteiger partial charge in [0.2, 0.25) is 11.0 Å². The van der Waals surface area contributed by atoms with E-state index in [0.29, 0.717) is 25.7 Å². The molecule has 2 aromatic carbocycles. The minimum Gasteiger partial charge on any atom is -0.299 e. The Hall–Kier alpha value is -2.14. The van der Waals surface area contributed by atoms with Gasteiger partial charge in [-0.3, -0.25) is 14.4 Å². The van der Waals surface area contributed by atoms with Crippen LogP contribution in [0.4, 0.5) is 10.8 Å². The first-order valence-corrected chi connectivity index (χ1v) is 12.2. The molecule has 3 aromatic rings. The fraction of sp³-hybridized carbons (Fsp3) is 0.167. The van der Waals surface area contributed by atoms with Crippen molar-refractivity contribution in [1.29, 1.82) is 0 Å². The summed E-state index contributed by atoms with van der Waals surface area (Å²) >= 11 is 8.82. The third-order valence-corrected chi connectivity index (χ3v) is 7.95. The van der Waals surface area contributed by atoms with Crippen LogP contribution >= 0.6 is 34.7 Å². The number of rotatable bonds is 7. The van der Waals surface area contributed by atoms with Crippen LogP contribution in [0.15, 0.2) is 57.8 Å². The molecule has 0 unspecified atom stereocenters. The molecule has 0 spiro atoms. The van der Waals surface area contributed by atoms with Gasteiger partial charge in [-0.1, -0.05) is 59.0 Å². The second-order valence-corrected chi connectivity index (χ2v) is 10.1. The molecule has 1 aromatic heterocycles. The van der Waals surface area contributed by atoms with E-state index in [2.05, 4.69) is 15.5 Å². The lowest BCUT2D eigenvalue weighted by Crippen LogP contribution is -2.38. The lowest BCUT2D eigenvalue weighted by atomic mass is 10.2. The molecule has 0 radical (unpaired) electrons. The van der Waals surface area contributed by atoms with Crippen molar-refractivity contribution in [3.05, 3.63) is 59.1 Å². The Balaban J connectivity index is 1.97. The van der Waals surface area contributed by atoms with Crippen molar-refractivity contribution in [2.75, 3.05) is 22.4 Å². The van der Waals surface area contributed by atoms with Gasteiger partial charge in [0.1, 0.15) is 6.54 Å². The van der Waals surface area contributed by atoms with Gasteiger partial charge >= 0.3 is 0 Å². The van der Waals surface area contributed by atoms with Gasteiger partial charge in [-0.15, -0.1) is 10.2 Å². The van der Waals surface area contributed by atoms with Crippen LogP contribution in [0.3, 0.4) is 0 Å². The van der Waals surface area contributed by atoms with Crippen molar-refractivity contribution in [3.8, 4) is 0 Å². The largest absolute Gasteiger partial charge is 0.299 e. The van der Waals surface area contributed by atoms with Gasteiger partial charge in [0, 0.05) is 5.02 Å². The number of carbonyl (C=O) groups excluding carboxylic acids is 1. The average molecular weight is 469 g/mol. The van der Waals surface area contributed by atoms with Gasteiger partial charge in [-0.05, 0) is 43.0 Å². The van der Waals surface area contributed by atoms with Crippen molar-refractivity contribution < 1.29 is 13.2 Å². The summed E-state index contributed by atoms with van der Waals surface area (Å²) < 4.78 is 28.4. The maximum absolute atomic E-state index is 13.3. The molecule has 0 atom stereocenters. The molecule has 0 bridgehead atoms. The Morgan fingerprint density at radius 2 is 1.90 bits per heavy atom. The normalized spacial score (nSPS) is 11.3. The van der Waals surface area contributed by atoms with E-state index in [1.165, 1.54) is 35.2 Å². The van der Waals surface area contributed by atoms with Gasteiger partial charge in [-0.2, -0.15) is 0 Å². The van der Waals surface area contributed by atoms with Crippen LogP contribution in [-0.2, 0) is 14.8 Å². The number of hydrogen-bond acceptors (Lipinski definition) is 7. The van der Waals surface area contributed by atoms with E-state index < -0.39 is 22.5 Å². The Morgan fingerprint density at radius 1 is 1.17 bits per heavy atom. The molecule has 0 aliphatic rings. The van der Waals surface area contributed by atoms with Crippen LogP contribution in [0, 0.1) is 6.92 Å². The Labute approximate surface area is 182 Å². The number of nitrogens with zero attached hydrogens (tertiary/aromatic N) is 3. The molecule has 0 saturated carbocycles. The van der Waals surface area contributed by atoms with Gasteiger partial charge in [0.25, 0.3) is 10.0 Å². The standard InChI is InChI=1S/C18H17ClN4O3S3/c1-12-14(19)9-6-10-15(12)23(29(25,26)13-7-4-3-5-8-13)11-16(24)20-17-21-22-18(27-2)28-17/h3-10H,11H2,1-2H3,(H,20,21,24). The number of anilines is 2. The molecule has 11 heteroatoms. The van der Waals surface area contributed by atoms with Gasteiger partial charge in [0.05, 0.1) is 10.6 Å². The highest BCUT2D eigenvalue weighted by atomic mass is 35.5. The summed E-state index contributed by atoms with van der Waals surface area (Å²) in [5, 5.41) is 11.1. The van der Waals surface area contributed by atoms with Crippen molar-refractivity contribution in [2.45, 2.75) is 16.2 Å². The van der Waals surface area contributed by atoms with Gasteiger partial charge in [-0.25, -0.2) is 8.42 Å². The summed E-state index contributed by atoms with van der Waals surface area (Å²) in [7, 11) is -4.00. The molecule has 0 saturated heterocycles. The van der Waals surface area contributed by atoms with Crippen LogP contribution in [0.2, 0.25) is 5.02 Å². The van der Waals surface area contributed by atoms with Gasteiger partial charge < -0.3 is 0 Å². The number of amides is 1. The van der Waals surface area contributed by atoms with E-state index in [0.717, 1.165) is 4.31 Å². The van der Waals surface area contributed by atoms with Crippen LogP contribution in [0.25, 0.3) is 0 Å². The second kappa shape index (κ2) is 9.12. The lowest BCUT2D eigenvalue weighted by molar-refractivity contribution is -0.114. The molecule has 0 aliphatic heterocycles. The maximum Gasteiger partial charge on any atom is 0.264 e. The summed E-state index contributed by atoms with van der Waals surface area (Å²) in [6.07, 6.45) is 1.85. The van der Waals surface area contributed by atoms with Crippen molar-refractivity contribution in [1.82, 2.24) is 10.2 Å². The first-order chi connectivity index (χ1) is 13.8. The van der Waals surface area contributed by atoms with Crippen molar-refractivity contribution in [2.24, 2.45) is 0 Å². The minimum atomic E-state index is -4.00. The number of sulfonamides is 1. The highest BCUT2D eigenvalue weighted by Crippen LogP contribution is 2.31. The van der Waals surface area contributed by atoms with E-state index in [9.17, 15) is 13.2 Å². The minimum absolute atomic E-state index is 0.0766. The highest BCUT2D eigenvalue weighted by molar-refractivity contribution is 8.00. The molecule has 7 nitrogen and oxygen atoms in total. The van der Waals surface area contributed by atoms with E-state index in [1.54, 1.807) is 43.3 Å². The third kappa shape index (κ3) is 4.89. The summed E-state index contributed by atoms with van der Waals surface area (Å²) in [6, 6.07) is 12.9. The van der Waals surface area contributed by atoms with E-state index >= 15 is 0 Å². The van der Waals surface area contributed by atoms with Crippen LogP contribution in [0.5, 0.6) is 0 Å². The van der Waals surface area contributed by atoms with Crippen molar-refractivity contribution in [3.63, 3.8) is 0 Å². The molecule has 29 heavy (non-hydrogen) atoms. The number of hydrogen-bond donors (Lipinski definition) is 1. The Bertz CT molecular complexity index is 1120. The SMILES string of the molecule is CSc1nnc(NC(=O)CN(c2cccc(Cl)c2C)S(=O)(=O)c2ccccc2)s1. The summed E-state index contributed by atoms with van der Waals surface area (Å²) in [5.41, 5.74) is 0.889.